The number of amides is 2. The quantitative estimate of drug-likeness (QED) is 0.871. The van der Waals surface area contributed by atoms with Gasteiger partial charge in [-0.05, 0) is 30.7 Å². The number of nitrogens with zero attached hydrogens (tertiary/aromatic N) is 4. The first-order valence-corrected chi connectivity index (χ1v) is 9.16. The van der Waals surface area contributed by atoms with Crippen LogP contribution in [0, 0.1) is 11.3 Å². The molecule has 1 spiro atoms. The van der Waals surface area contributed by atoms with Crippen molar-refractivity contribution in [2.75, 3.05) is 32.8 Å². The van der Waals surface area contributed by atoms with Gasteiger partial charge in [0.05, 0.1) is 0 Å². The summed E-state index contributed by atoms with van der Waals surface area (Å²) in [5, 5.41) is 14.0. The van der Waals surface area contributed by atoms with E-state index in [0.717, 1.165) is 38.9 Å². The standard InChI is InChI=1S/C18H28N4O3/c1-15(24)21-12-6-18(16(13-21)14-23)4-10-20(11-5-18)17(25)3-9-22-8-2-7-19-22/h2,7-8,16,23H,3-6,9-14H2,1H3/t16-/m0/s1. The molecule has 2 fully saturated rings. The van der Waals surface area contributed by atoms with Crippen molar-refractivity contribution in [3.63, 3.8) is 0 Å². The van der Waals surface area contributed by atoms with Crippen molar-refractivity contribution in [3.8, 4) is 0 Å². The fourth-order valence-corrected chi connectivity index (χ4v) is 4.31. The van der Waals surface area contributed by atoms with Crippen LogP contribution in [0.25, 0.3) is 0 Å². The van der Waals surface area contributed by atoms with Gasteiger partial charge in [0.15, 0.2) is 0 Å². The number of aliphatic hydroxyl groups excluding tert-OH is 1. The Balaban J connectivity index is 1.53. The normalized spacial score (nSPS) is 23.0. The second-order valence-corrected chi connectivity index (χ2v) is 7.36. The molecule has 0 aromatic carbocycles. The summed E-state index contributed by atoms with van der Waals surface area (Å²) >= 11 is 0. The Morgan fingerprint density at radius 2 is 1.88 bits per heavy atom. The van der Waals surface area contributed by atoms with Crippen LogP contribution in [0.2, 0.25) is 0 Å². The van der Waals surface area contributed by atoms with Crippen molar-refractivity contribution in [1.29, 1.82) is 0 Å². The lowest BCUT2D eigenvalue weighted by Crippen LogP contribution is -2.55. The third-order valence-corrected chi connectivity index (χ3v) is 6.08. The van der Waals surface area contributed by atoms with E-state index in [0.29, 0.717) is 19.5 Å². The van der Waals surface area contributed by atoms with E-state index in [9.17, 15) is 14.7 Å². The highest BCUT2D eigenvalue weighted by Crippen LogP contribution is 2.45. The number of aromatic nitrogens is 2. The van der Waals surface area contributed by atoms with Gasteiger partial charge < -0.3 is 14.9 Å². The summed E-state index contributed by atoms with van der Waals surface area (Å²) in [6.07, 6.45) is 6.81. The van der Waals surface area contributed by atoms with Crippen LogP contribution < -0.4 is 0 Å². The molecule has 0 unspecified atom stereocenters. The molecule has 1 atom stereocenters. The molecule has 25 heavy (non-hydrogen) atoms. The minimum absolute atomic E-state index is 0.0689. The van der Waals surface area contributed by atoms with Gasteiger partial charge >= 0.3 is 0 Å². The zero-order chi connectivity index (χ0) is 17.9. The third kappa shape index (κ3) is 3.86. The summed E-state index contributed by atoms with van der Waals surface area (Å²) < 4.78 is 1.78. The average molecular weight is 348 g/mol. The van der Waals surface area contributed by atoms with Gasteiger partial charge in [-0.3, -0.25) is 14.3 Å². The van der Waals surface area contributed by atoms with Crippen molar-refractivity contribution < 1.29 is 14.7 Å². The smallest absolute Gasteiger partial charge is 0.224 e. The molecule has 1 aromatic rings. The van der Waals surface area contributed by atoms with E-state index in [2.05, 4.69) is 5.10 Å². The van der Waals surface area contributed by atoms with Gasteiger partial charge in [-0.1, -0.05) is 0 Å². The van der Waals surface area contributed by atoms with Crippen LogP contribution in [0.4, 0.5) is 0 Å². The topological polar surface area (TPSA) is 78.7 Å². The Hall–Kier alpha value is -1.89. The number of aliphatic hydroxyl groups is 1. The minimum Gasteiger partial charge on any atom is -0.396 e. The molecule has 2 aliphatic rings. The summed E-state index contributed by atoms with van der Waals surface area (Å²) in [5.74, 6) is 0.373. The molecular formula is C18H28N4O3. The van der Waals surface area contributed by atoms with Crippen molar-refractivity contribution in [2.45, 2.75) is 39.2 Å². The SMILES string of the molecule is CC(=O)N1CCC2(CCN(C(=O)CCn3cccn3)CC2)[C@H](CO)C1. The van der Waals surface area contributed by atoms with E-state index in [-0.39, 0.29) is 29.8 Å². The molecule has 2 aliphatic heterocycles. The monoisotopic (exact) mass is 348 g/mol. The van der Waals surface area contributed by atoms with Gasteiger partial charge in [-0.15, -0.1) is 0 Å². The van der Waals surface area contributed by atoms with Crippen LogP contribution in [-0.2, 0) is 16.1 Å². The van der Waals surface area contributed by atoms with Gasteiger partial charge in [0.1, 0.15) is 0 Å². The van der Waals surface area contributed by atoms with E-state index in [1.54, 1.807) is 17.8 Å². The fourth-order valence-electron chi connectivity index (χ4n) is 4.31. The second-order valence-electron chi connectivity index (χ2n) is 7.36. The number of piperidine rings is 2. The van der Waals surface area contributed by atoms with Gasteiger partial charge in [0.25, 0.3) is 0 Å². The molecule has 138 valence electrons. The molecule has 2 saturated heterocycles. The molecule has 3 heterocycles. The largest absolute Gasteiger partial charge is 0.396 e. The molecule has 3 rings (SSSR count). The molecule has 2 amide bonds. The van der Waals surface area contributed by atoms with Crippen LogP contribution >= 0.6 is 0 Å². The average Bonchev–Trinajstić information content (AvgIpc) is 3.14. The predicted octanol–water partition coefficient (Wildman–Crippen LogP) is 0.743. The van der Waals surface area contributed by atoms with Crippen LogP contribution in [0.3, 0.4) is 0 Å². The first kappa shape index (κ1) is 17.9. The van der Waals surface area contributed by atoms with Crippen LogP contribution in [0.1, 0.15) is 32.6 Å². The number of carbonyl (C=O) groups is 2. The van der Waals surface area contributed by atoms with Crippen LogP contribution in [-0.4, -0.2) is 69.3 Å². The minimum atomic E-state index is 0.0689. The number of aryl methyl sites for hydroxylation is 1. The Labute approximate surface area is 148 Å². The molecule has 0 bridgehead atoms. The van der Waals surface area contributed by atoms with Crippen LogP contribution in [0.15, 0.2) is 18.5 Å². The molecule has 1 aromatic heterocycles. The highest BCUT2D eigenvalue weighted by Gasteiger charge is 2.45. The Morgan fingerprint density at radius 1 is 1.20 bits per heavy atom. The summed E-state index contributed by atoms with van der Waals surface area (Å²) in [7, 11) is 0. The van der Waals surface area contributed by atoms with Gasteiger partial charge in [0.2, 0.25) is 11.8 Å². The summed E-state index contributed by atoms with van der Waals surface area (Å²) in [4.78, 5) is 27.9. The summed E-state index contributed by atoms with van der Waals surface area (Å²) in [6, 6.07) is 1.86. The van der Waals surface area contributed by atoms with E-state index in [4.69, 9.17) is 0 Å². The Bertz CT molecular complexity index is 593. The first-order chi connectivity index (χ1) is 12.0. The zero-order valence-corrected chi connectivity index (χ0v) is 14.9. The molecule has 7 nitrogen and oxygen atoms in total. The Morgan fingerprint density at radius 3 is 2.44 bits per heavy atom. The number of carbonyl (C=O) groups excluding carboxylic acids is 2. The first-order valence-electron chi connectivity index (χ1n) is 9.16. The van der Waals surface area contributed by atoms with E-state index in [1.807, 2.05) is 22.1 Å². The molecule has 1 N–H and O–H groups in total. The molecular weight excluding hydrogens is 320 g/mol. The van der Waals surface area contributed by atoms with Crippen molar-refractivity contribution in [2.24, 2.45) is 11.3 Å². The summed E-state index contributed by atoms with van der Waals surface area (Å²) in [6.45, 7) is 5.20. The zero-order valence-electron chi connectivity index (χ0n) is 14.9. The van der Waals surface area contributed by atoms with E-state index in [1.165, 1.54) is 0 Å². The van der Waals surface area contributed by atoms with Crippen molar-refractivity contribution >= 4 is 11.8 Å². The van der Waals surface area contributed by atoms with Gasteiger partial charge in [0, 0.05) is 71.0 Å². The second kappa shape index (κ2) is 7.56. The van der Waals surface area contributed by atoms with Gasteiger partial charge in [-0.2, -0.15) is 5.10 Å². The molecule has 0 saturated carbocycles. The number of hydrogen-bond acceptors (Lipinski definition) is 4. The number of likely N-dealkylation sites (tertiary alicyclic amines) is 2. The molecule has 0 aliphatic carbocycles. The van der Waals surface area contributed by atoms with Crippen molar-refractivity contribution in [1.82, 2.24) is 19.6 Å². The van der Waals surface area contributed by atoms with E-state index >= 15 is 0 Å². The molecule has 0 radical (unpaired) electrons. The molecule has 7 heteroatoms. The maximum absolute atomic E-state index is 12.4. The van der Waals surface area contributed by atoms with Crippen LogP contribution in [0.5, 0.6) is 0 Å². The maximum Gasteiger partial charge on any atom is 0.224 e. The third-order valence-electron chi connectivity index (χ3n) is 6.08. The lowest BCUT2D eigenvalue weighted by molar-refractivity contribution is -0.139. The highest BCUT2D eigenvalue weighted by atomic mass is 16.3. The van der Waals surface area contributed by atoms with Crippen molar-refractivity contribution in [3.05, 3.63) is 18.5 Å². The fraction of sp³-hybridized carbons (Fsp3) is 0.722. The maximum atomic E-state index is 12.4. The number of rotatable bonds is 4. The van der Waals surface area contributed by atoms with E-state index < -0.39 is 0 Å². The number of hydrogen-bond donors (Lipinski definition) is 1. The predicted molar refractivity (Wildman–Crippen MR) is 92.5 cm³/mol. The van der Waals surface area contributed by atoms with Gasteiger partial charge in [-0.25, -0.2) is 0 Å². The lowest BCUT2D eigenvalue weighted by atomic mass is 9.64. The lowest BCUT2D eigenvalue weighted by Gasteiger charge is -2.51. The summed E-state index contributed by atoms with van der Waals surface area (Å²) in [5.41, 5.74) is 0.0689. The Kier molecular flexibility index (Phi) is 5.42. The highest BCUT2D eigenvalue weighted by molar-refractivity contribution is 5.76.